The van der Waals surface area contributed by atoms with Crippen molar-refractivity contribution in [3.05, 3.63) is 0 Å². The first-order valence-electron chi connectivity index (χ1n) is 9.74. The molecular weight excluding hydrogens is 292 g/mol. The number of carbonyl (C=O) groups excluding carboxylic acids is 1. The lowest BCUT2D eigenvalue weighted by Gasteiger charge is -2.43. The van der Waals surface area contributed by atoms with Crippen molar-refractivity contribution in [2.45, 2.75) is 82.2 Å². The smallest absolute Gasteiger partial charge is 0.210 e. The van der Waals surface area contributed by atoms with Crippen LogP contribution in [0, 0.1) is 29.6 Å². The fourth-order valence-corrected chi connectivity index (χ4v) is 6.43. The third-order valence-corrected chi connectivity index (χ3v) is 7.66. The van der Waals surface area contributed by atoms with Gasteiger partial charge in [-0.05, 0) is 56.3 Å². The summed E-state index contributed by atoms with van der Waals surface area (Å²) in [5, 5.41) is 0. The van der Waals surface area contributed by atoms with E-state index >= 15 is 0 Å². The Labute approximate surface area is 138 Å². The zero-order chi connectivity index (χ0) is 15.5. The van der Waals surface area contributed by atoms with Crippen molar-refractivity contribution in [1.82, 2.24) is 0 Å². The Kier molecular flexibility index (Phi) is 3.40. The van der Waals surface area contributed by atoms with E-state index in [1.165, 1.54) is 38.5 Å². The Morgan fingerprint density at radius 1 is 0.913 bits per heavy atom. The van der Waals surface area contributed by atoms with Gasteiger partial charge in [0.25, 0.3) is 0 Å². The molecule has 4 heteroatoms. The summed E-state index contributed by atoms with van der Waals surface area (Å²) in [6, 6.07) is 0. The van der Waals surface area contributed by atoms with Crippen LogP contribution < -0.4 is 0 Å². The van der Waals surface area contributed by atoms with E-state index in [9.17, 15) is 4.79 Å². The highest BCUT2D eigenvalue weighted by atomic mass is 17.3. The number of hydrogen-bond acceptors (Lipinski definition) is 4. The van der Waals surface area contributed by atoms with Gasteiger partial charge in [0.1, 0.15) is 6.29 Å². The molecule has 128 valence electrons. The maximum absolute atomic E-state index is 10.7. The molecule has 2 spiro atoms. The average molecular weight is 320 g/mol. The van der Waals surface area contributed by atoms with Crippen LogP contribution in [0.3, 0.4) is 0 Å². The Hall–Kier alpha value is -0.450. The van der Waals surface area contributed by atoms with Crippen molar-refractivity contribution in [3.8, 4) is 0 Å². The predicted octanol–water partition coefficient (Wildman–Crippen LogP) is 3.98. The number of rotatable bonds is 2. The van der Waals surface area contributed by atoms with E-state index in [0.717, 1.165) is 43.8 Å². The average Bonchev–Trinajstić information content (AvgIpc) is 3.04. The van der Waals surface area contributed by atoms with Crippen LogP contribution in [0.2, 0.25) is 0 Å². The minimum absolute atomic E-state index is 0.455. The van der Waals surface area contributed by atoms with Crippen molar-refractivity contribution in [2.24, 2.45) is 29.6 Å². The largest absolute Gasteiger partial charge is 0.312 e. The molecule has 5 atom stereocenters. The maximum Gasteiger partial charge on any atom is 0.210 e. The van der Waals surface area contributed by atoms with Gasteiger partial charge >= 0.3 is 0 Å². The lowest BCUT2D eigenvalue weighted by Crippen LogP contribution is -2.50. The molecule has 23 heavy (non-hydrogen) atoms. The molecule has 5 rings (SSSR count). The molecule has 1 aliphatic heterocycles. The van der Waals surface area contributed by atoms with Crippen molar-refractivity contribution in [2.75, 3.05) is 0 Å². The Morgan fingerprint density at radius 3 is 2.52 bits per heavy atom. The van der Waals surface area contributed by atoms with E-state index in [2.05, 4.69) is 0 Å². The van der Waals surface area contributed by atoms with E-state index in [4.69, 9.17) is 14.5 Å². The molecule has 0 N–H and O–H groups in total. The summed E-state index contributed by atoms with van der Waals surface area (Å²) in [6.07, 6.45) is 13.3. The molecule has 1 heterocycles. The molecular formula is C19H28O4. The minimum atomic E-state index is -0.526. The molecule has 4 nitrogen and oxygen atoms in total. The summed E-state index contributed by atoms with van der Waals surface area (Å²) in [7, 11) is 0. The molecule has 0 radical (unpaired) electrons. The highest BCUT2D eigenvalue weighted by molar-refractivity contribution is 5.49. The Balaban J connectivity index is 1.36. The van der Waals surface area contributed by atoms with Gasteiger partial charge in [-0.1, -0.05) is 12.8 Å². The van der Waals surface area contributed by atoms with Gasteiger partial charge in [0.2, 0.25) is 11.6 Å². The molecule has 0 amide bonds. The van der Waals surface area contributed by atoms with Crippen LogP contribution in [0.5, 0.6) is 0 Å². The topological polar surface area (TPSA) is 44.8 Å². The van der Waals surface area contributed by atoms with Gasteiger partial charge in [-0.15, -0.1) is 0 Å². The van der Waals surface area contributed by atoms with Gasteiger partial charge in [0, 0.05) is 31.1 Å². The molecule has 4 aliphatic carbocycles. The van der Waals surface area contributed by atoms with E-state index in [0.29, 0.717) is 24.2 Å². The van der Waals surface area contributed by atoms with E-state index < -0.39 is 11.6 Å². The molecule has 5 fully saturated rings. The van der Waals surface area contributed by atoms with E-state index in [1.807, 2.05) is 0 Å². The fourth-order valence-electron chi connectivity index (χ4n) is 6.43. The summed E-state index contributed by atoms with van der Waals surface area (Å²) in [6.45, 7) is 0. The highest BCUT2D eigenvalue weighted by Crippen LogP contribution is 2.63. The van der Waals surface area contributed by atoms with Crippen LogP contribution in [0.1, 0.15) is 70.6 Å². The molecule has 0 aromatic heterocycles. The molecule has 1 saturated heterocycles. The second kappa shape index (κ2) is 5.27. The van der Waals surface area contributed by atoms with Crippen molar-refractivity contribution in [1.29, 1.82) is 0 Å². The number of ether oxygens (including phenoxy) is 1. The molecule has 5 aliphatic rings. The van der Waals surface area contributed by atoms with Crippen LogP contribution in [-0.2, 0) is 19.3 Å². The van der Waals surface area contributed by atoms with Gasteiger partial charge in [-0.3, -0.25) is 0 Å². The normalized spacial score (nSPS) is 54.7. The summed E-state index contributed by atoms with van der Waals surface area (Å²) >= 11 is 0. The minimum Gasteiger partial charge on any atom is -0.312 e. The Bertz CT molecular complexity index is 484. The van der Waals surface area contributed by atoms with Crippen LogP contribution in [-0.4, -0.2) is 17.9 Å². The summed E-state index contributed by atoms with van der Waals surface area (Å²) in [4.78, 5) is 22.8. The fraction of sp³-hybridized carbons (Fsp3) is 0.947. The first kappa shape index (κ1) is 14.9. The first-order valence-corrected chi connectivity index (χ1v) is 9.74. The van der Waals surface area contributed by atoms with Crippen LogP contribution >= 0.6 is 0 Å². The van der Waals surface area contributed by atoms with E-state index in [1.54, 1.807) is 0 Å². The Morgan fingerprint density at radius 2 is 1.70 bits per heavy atom. The first-order chi connectivity index (χ1) is 11.2. The van der Waals surface area contributed by atoms with Crippen LogP contribution in [0.25, 0.3) is 0 Å². The number of hydrogen-bond donors (Lipinski definition) is 0. The standard InChI is InChI=1S/C19H28O4/c20-9-6-13-4-7-18(8-5-13)21-19(23-22-18)16-3-1-2-14-10-17(19)12-15(14)11-16/h9,13-17H,1-8,10-12H2/t13-,14-,15?,16-,17-,18+,19+/m0/s1. The van der Waals surface area contributed by atoms with Crippen molar-refractivity contribution in [3.63, 3.8) is 0 Å². The summed E-state index contributed by atoms with van der Waals surface area (Å²) in [5.74, 6) is 2.38. The summed E-state index contributed by atoms with van der Waals surface area (Å²) < 4.78 is 6.73. The second-order valence-corrected chi connectivity index (χ2v) is 8.80. The molecule has 0 aromatic rings. The summed E-state index contributed by atoms with van der Waals surface area (Å²) in [5.41, 5.74) is 0. The lowest BCUT2D eigenvalue weighted by atomic mass is 9.74. The number of carbonyl (C=O) groups is 1. The molecule has 3 bridgehead atoms. The third kappa shape index (κ3) is 2.17. The number of aldehydes is 1. The maximum atomic E-state index is 10.7. The monoisotopic (exact) mass is 320 g/mol. The van der Waals surface area contributed by atoms with Gasteiger partial charge in [-0.2, -0.15) is 9.78 Å². The molecule has 0 aromatic carbocycles. The lowest BCUT2D eigenvalue weighted by molar-refractivity contribution is -0.376. The van der Waals surface area contributed by atoms with Gasteiger partial charge in [0.15, 0.2) is 0 Å². The molecule has 1 unspecified atom stereocenters. The van der Waals surface area contributed by atoms with Gasteiger partial charge in [0.05, 0.1) is 0 Å². The second-order valence-electron chi connectivity index (χ2n) is 8.80. The van der Waals surface area contributed by atoms with Gasteiger partial charge < -0.3 is 9.53 Å². The quantitative estimate of drug-likeness (QED) is 0.570. The SMILES string of the molecule is O=CC[C@H]1CC[C@]2(CC1)OO[C@@]1(O2)[C@@H]2CC3C[C@@H]1CCC[C@H]3C2. The zero-order valence-electron chi connectivity index (χ0n) is 13.9. The van der Waals surface area contributed by atoms with Crippen molar-refractivity contribution < 1.29 is 19.3 Å². The van der Waals surface area contributed by atoms with E-state index in [-0.39, 0.29) is 0 Å². The van der Waals surface area contributed by atoms with Crippen LogP contribution in [0.15, 0.2) is 0 Å². The zero-order valence-corrected chi connectivity index (χ0v) is 13.9. The van der Waals surface area contributed by atoms with Crippen LogP contribution in [0.4, 0.5) is 0 Å². The molecule has 4 saturated carbocycles. The highest BCUT2D eigenvalue weighted by Gasteiger charge is 2.66. The van der Waals surface area contributed by atoms with Crippen molar-refractivity contribution >= 4 is 6.29 Å². The number of fused-ring (bicyclic) bond motifs is 4. The third-order valence-electron chi connectivity index (χ3n) is 7.66. The predicted molar refractivity (Wildman–Crippen MR) is 83.0 cm³/mol. The van der Waals surface area contributed by atoms with Gasteiger partial charge in [-0.25, -0.2) is 0 Å².